The van der Waals surface area contributed by atoms with Gasteiger partial charge in [0.1, 0.15) is 0 Å². The number of benzene rings is 1. The van der Waals surface area contributed by atoms with Gasteiger partial charge in [0.25, 0.3) is 0 Å². The lowest BCUT2D eigenvalue weighted by molar-refractivity contribution is 0.558. The van der Waals surface area contributed by atoms with Crippen LogP contribution >= 0.6 is 0 Å². The molecule has 0 saturated heterocycles. The van der Waals surface area contributed by atoms with Crippen LogP contribution in [0.4, 0.5) is 0 Å². The summed E-state index contributed by atoms with van der Waals surface area (Å²) < 4.78 is 27.1. The van der Waals surface area contributed by atoms with E-state index in [2.05, 4.69) is 10.0 Å². The monoisotopic (exact) mass is 280 g/mol. The lowest BCUT2D eigenvalue weighted by Gasteiger charge is -2.12. The van der Waals surface area contributed by atoms with E-state index in [4.69, 9.17) is 0 Å². The second-order valence-electron chi connectivity index (χ2n) is 5.97. The summed E-state index contributed by atoms with van der Waals surface area (Å²) in [5, 5.41) is 3.41. The highest BCUT2D eigenvalue weighted by Crippen LogP contribution is 2.35. The van der Waals surface area contributed by atoms with E-state index in [1.807, 2.05) is 19.1 Å². The molecule has 0 radical (unpaired) electrons. The Bertz CT molecular complexity index is 558. The van der Waals surface area contributed by atoms with Gasteiger partial charge < -0.3 is 5.32 Å². The minimum atomic E-state index is -3.36. The molecule has 1 aromatic carbocycles. The van der Waals surface area contributed by atoms with E-state index in [1.54, 1.807) is 12.1 Å². The predicted molar refractivity (Wildman–Crippen MR) is 74.3 cm³/mol. The van der Waals surface area contributed by atoms with Crippen molar-refractivity contribution in [2.45, 2.75) is 55.6 Å². The van der Waals surface area contributed by atoms with E-state index in [0.29, 0.717) is 10.9 Å². The van der Waals surface area contributed by atoms with Crippen LogP contribution in [0.1, 0.15) is 38.2 Å². The van der Waals surface area contributed by atoms with Gasteiger partial charge >= 0.3 is 0 Å². The van der Waals surface area contributed by atoms with Gasteiger partial charge in [-0.1, -0.05) is 12.1 Å². The number of sulfonamides is 1. The molecule has 4 nitrogen and oxygen atoms in total. The third-order valence-corrected chi connectivity index (χ3v) is 5.44. The van der Waals surface area contributed by atoms with Crippen LogP contribution in [0.3, 0.4) is 0 Å². The maximum Gasteiger partial charge on any atom is 0.241 e. The summed E-state index contributed by atoms with van der Waals surface area (Å²) >= 11 is 0. The minimum absolute atomic E-state index is 0.217. The number of rotatable bonds is 6. The molecule has 104 valence electrons. The molecule has 0 bridgehead atoms. The maximum atomic E-state index is 12.1. The average Bonchev–Trinajstić information content (AvgIpc) is 3.25. The molecule has 2 N–H and O–H groups in total. The van der Waals surface area contributed by atoms with Crippen LogP contribution in [-0.4, -0.2) is 20.0 Å². The molecule has 3 rings (SSSR count). The van der Waals surface area contributed by atoms with Crippen LogP contribution in [-0.2, 0) is 16.6 Å². The SMILES string of the molecule is CC1(NS(=O)(=O)c2ccc(CNC3CC3)cc2)CC1. The van der Waals surface area contributed by atoms with E-state index >= 15 is 0 Å². The highest BCUT2D eigenvalue weighted by molar-refractivity contribution is 7.89. The molecule has 0 aromatic heterocycles. The lowest BCUT2D eigenvalue weighted by atomic mass is 10.2. The van der Waals surface area contributed by atoms with Crippen LogP contribution in [0.25, 0.3) is 0 Å². The van der Waals surface area contributed by atoms with E-state index in [1.165, 1.54) is 12.8 Å². The molecule has 0 aliphatic heterocycles. The van der Waals surface area contributed by atoms with Gasteiger partial charge in [-0.2, -0.15) is 0 Å². The van der Waals surface area contributed by atoms with Crippen molar-refractivity contribution in [3.05, 3.63) is 29.8 Å². The third-order valence-electron chi connectivity index (χ3n) is 3.79. The largest absolute Gasteiger partial charge is 0.310 e. The first-order valence-corrected chi connectivity index (χ1v) is 8.32. The summed E-state index contributed by atoms with van der Waals surface area (Å²) in [6.07, 6.45) is 4.37. The van der Waals surface area contributed by atoms with Crippen LogP contribution in [0.15, 0.2) is 29.2 Å². The van der Waals surface area contributed by atoms with Crippen molar-refractivity contribution in [1.29, 1.82) is 0 Å². The molecule has 0 spiro atoms. The van der Waals surface area contributed by atoms with Gasteiger partial charge in [-0.15, -0.1) is 0 Å². The fourth-order valence-corrected chi connectivity index (χ4v) is 3.47. The van der Waals surface area contributed by atoms with Crippen molar-refractivity contribution in [3.63, 3.8) is 0 Å². The van der Waals surface area contributed by atoms with Crippen molar-refractivity contribution in [2.24, 2.45) is 0 Å². The summed E-state index contributed by atoms with van der Waals surface area (Å²) in [6, 6.07) is 7.83. The topological polar surface area (TPSA) is 58.2 Å². The summed E-state index contributed by atoms with van der Waals surface area (Å²) in [7, 11) is -3.36. The Morgan fingerprint density at radius 3 is 2.37 bits per heavy atom. The Labute approximate surface area is 114 Å². The zero-order chi connectivity index (χ0) is 13.5. The number of hydrogen-bond donors (Lipinski definition) is 2. The first-order chi connectivity index (χ1) is 8.97. The van der Waals surface area contributed by atoms with Gasteiger partial charge in [0, 0.05) is 18.1 Å². The second kappa shape index (κ2) is 4.58. The van der Waals surface area contributed by atoms with Gasteiger partial charge in [0.15, 0.2) is 0 Å². The van der Waals surface area contributed by atoms with Crippen molar-refractivity contribution >= 4 is 10.0 Å². The smallest absolute Gasteiger partial charge is 0.241 e. The molecule has 5 heteroatoms. The molecule has 0 unspecified atom stereocenters. The zero-order valence-corrected chi connectivity index (χ0v) is 12.0. The van der Waals surface area contributed by atoms with Crippen LogP contribution in [0.2, 0.25) is 0 Å². The molecular weight excluding hydrogens is 260 g/mol. The Morgan fingerprint density at radius 2 is 1.84 bits per heavy atom. The van der Waals surface area contributed by atoms with Crippen molar-refractivity contribution in [3.8, 4) is 0 Å². The molecule has 2 saturated carbocycles. The van der Waals surface area contributed by atoms with Crippen molar-refractivity contribution in [2.75, 3.05) is 0 Å². The van der Waals surface area contributed by atoms with Crippen LogP contribution in [0.5, 0.6) is 0 Å². The Kier molecular flexibility index (Phi) is 3.15. The minimum Gasteiger partial charge on any atom is -0.310 e. The lowest BCUT2D eigenvalue weighted by Crippen LogP contribution is -2.34. The van der Waals surface area contributed by atoms with Gasteiger partial charge in [-0.25, -0.2) is 13.1 Å². The first kappa shape index (κ1) is 13.1. The normalized spacial score (nSPS) is 21.3. The Balaban J connectivity index is 1.66. The maximum absolute atomic E-state index is 12.1. The molecule has 0 heterocycles. The summed E-state index contributed by atoms with van der Waals surface area (Å²) in [5.74, 6) is 0. The van der Waals surface area contributed by atoms with Gasteiger partial charge in [-0.05, 0) is 50.3 Å². The average molecular weight is 280 g/mol. The third kappa shape index (κ3) is 3.35. The summed E-state index contributed by atoms with van der Waals surface area (Å²) in [5.41, 5.74) is 0.911. The number of nitrogens with one attached hydrogen (secondary N) is 2. The van der Waals surface area contributed by atoms with Crippen molar-refractivity contribution < 1.29 is 8.42 Å². The molecular formula is C14H20N2O2S. The summed E-state index contributed by atoms with van der Waals surface area (Å²) in [4.78, 5) is 0.357. The first-order valence-electron chi connectivity index (χ1n) is 6.83. The van der Waals surface area contributed by atoms with Gasteiger partial charge in [0.2, 0.25) is 10.0 Å². The van der Waals surface area contributed by atoms with E-state index in [0.717, 1.165) is 24.9 Å². The molecule has 0 atom stereocenters. The van der Waals surface area contributed by atoms with Crippen LogP contribution in [0, 0.1) is 0 Å². The molecule has 1 aromatic rings. The highest BCUT2D eigenvalue weighted by Gasteiger charge is 2.41. The van der Waals surface area contributed by atoms with E-state index < -0.39 is 10.0 Å². The zero-order valence-electron chi connectivity index (χ0n) is 11.1. The van der Waals surface area contributed by atoms with E-state index in [9.17, 15) is 8.42 Å². The fraction of sp³-hybridized carbons (Fsp3) is 0.571. The quantitative estimate of drug-likeness (QED) is 0.835. The molecule has 2 fully saturated rings. The van der Waals surface area contributed by atoms with Crippen molar-refractivity contribution in [1.82, 2.24) is 10.0 Å². The molecule has 19 heavy (non-hydrogen) atoms. The summed E-state index contributed by atoms with van der Waals surface area (Å²) in [6.45, 7) is 2.76. The fourth-order valence-electron chi connectivity index (χ4n) is 2.01. The highest BCUT2D eigenvalue weighted by atomic mass is 32.2. The Morgan fingerprint density at radius 1 is 1.21 bits per heavy atom. The van der Waals surface area contributed by atoms with Gasteiger partial charge in [0.05, 0.1) is 4.90 Å². The number of hydrogen-bond acceptors (Lipinski definition) is 3. The van der Waals surface area contributed by atoms with Crippen LogP contribution < -0.4 is 10.0 Å². The molecule has 2 aliphatic rings. The Hall–Kier alpha value is -0.910. The molecule has 2 aliphatic carbocycles. The van der Waals surface area contributed by atoms with Gasteiger partial charge in [-0.3, -0.25) is 0 Å². The molecule has 0 amide bonds. The second-order valence-corrected chi connectivity index (χ2v) is 7.65. The predicted octanol–water partition coefficient (Wildman–Crippen LogP) is 1.77. The van der Waals surface area contributed by atoms with E-state index in [-0.39, 0.29) is 5.54 Å². The standard InChI is InChI=1S/C14H20N2O2S/c1-14(8-9-14)16-19(17,18)13-6-2-11(3-7-13)10-15-12-4-5-12/h2-3,6-7,12,15-16H,4-5,8-10H2,1H3.